The van der Waals surface area contributed by atoms with Gasteiger partial charge in [-0.05, 0) is 49.6 Å². The van der Waals surface area contributed by atoms with Gasteiger partial charge in [-0.2, -0.15) is 0 Å². The van der Waals surface area contributed by atoms with Crippen LogP contribution in [0.5, 0.6) is 0 Å². The van der Waals surface area contributed by atoms with Crippen molar-refractivity contribution in [3.05, 3.63) is 23.8 Å². The molecule has 0 fully saturated rings. The molecule has 0 spiro atoms. The third-order valence-electron chi connectivity index (χ3n) is 3.23. The third kappa shape index (κ3) is 2.82. The number of anilines is 1. The molecule has 1 aliphatic heterocycles. The van der Waals surface area contributed by atoms with Crippen LogP contribution in [0.15, 0.2) is 23.1 Å². The predicted octanol–water partition coefficient (Wildman–Crippen LogP) is 0.435. The molecule has 100 valence electrons. The molecule has 2 rings (SSSR count). The fourth-order valence-electron chi connectivity index (χ4n) is 2.34. The second-order valence-corrected chi connectivity index (χ2v) is 6.13. The molecule has 1 heterocycles. The van der Waals surface area contributed by atoms with E-state index < -0.39 is 10.0 Å². The Morgan fingerprint density at radius 1 is 1.33 bits per heavy atom. The van der Waals surface area contributed by atoms with Gasteiger partial charge in [0.15, 0.2) is 0 Å². The fourth-order valence-corrected chi connectivity index (χ4v) is 2.91. The lowest BCUT2D eigenvalue weighted by atomic mass is 10.0. The number of rotatable bonds is 4. The minimum atomic E-state index is -3.61. The number of hydrogen-bond donors (Lipinski definition) is 2. The van der Waals surface area contributed by atoms with Crippen molar-refractivity contribution in [3.63, 3.8) is 0 Å². The summed E-state index contributed by atoms with van der Waals surface area (Å²) in [5, 5.41) is 5.15. The molecule has 18 heavy (non-hydrogen) atoms. The minimum absolute atomic E-state index is 0.196. The first kappa shape index (κ1) is 13.3. The summed E-state index contributed by atoms with van der Waals surface area (Å²) in [6.07, 6.45) is 2.87. The molecule has 0 unspecified atom stereocenters. The minimum Gasteiger partial charge on any atom is -0.371 e. The lowest BCUT2D eigenvalue weighted by Crippen LogP contribution is -2.31. The second-order valence-electron chi connectivity index (χ2n) is 4.57. The Labute approximate surface area is 108 Å². The van der Waals surface area contributed by atoms with Gasteiger partial charge in [-0.15, -0.1) is 0 Å². The van der Waals surface area contributed by atoms with E-state index in [1.54, 1.807) is 12.1 Å². The summed E-state index contributed by atoms with van der Waals surface area (Å²) in [5.74, 6) is 0. The zero-order chi connectivity index (χ0) is 13.2. The largest absolute Gasteiger partial charge is 0.371 e. The van der Waals surface area contributed by atoms with E-state index in [2.05, 4.69) is 4.90 Å². The van der Waals surface area contributed by atoms with Crippen LogP contribution in [-0.2, 0) is 16.4 Å². The van der Waals surface area contributed by atoms with Crippen molar-refractivity contribution in [2.45, 2.75) is 24.2 Å². The summed E-state index contributed by atoms with van der Waals surface area (Å²) in [6, 6.07) is 5.12. The number of fused-ring (bicyclic) bond motifs is 1. The average Bonchev–Trinajstić information content (AvgIpc) is 2.34. The summed E-state index contributed by atoms with van der Waals surface area (Å²) < 4.78 is 22.6. The molecule has 5 nitrogen and oxygen atoms in total. The Kier molecular flexibility index (Phi) is 3.89. The van der Waals surface area contributed by atoms with E-state index in [9.17, 15) is 8.42 Å². The van der Waals surface area contributed by atoms with Gasteiger partial charge in [0.1, 0.15) is 0 Å². The Balaban J connectivity index is 2.31. The average molecular weight is 269 g/mol. The van der Waals surface area contributed by atoms with Gasteiger partial charge in [-0.3, -0.25) is 0 Å². The van der Waals surface area contributed by atoms with Gasteiger partial charge >= 0.3 is 0 Å². The smallest absolute Gasteiger partial charge is 0.238 e. The van der Waals surface area contributed by atoms with Crippen molar-refractivity contribution in [1.29, 1.82) is 0 Å². The number of nitrogens with zero attached hydrogens (tertiary/aromatic N) is 1. The summed E-state index contributed by atoms with van der Waals surface area (Å²) in [7, 11) is -3.61. The first-order chi connectivity index (χ1) is 8.52. The highest BCUT2D eigenvalue weighted by molar-refractivity contribution is 7.89. The molecule has 0 aromatic heterocycles. The highest BCUT2D eigenvalue weighted by atomic mass is 32.2. The first-order valence-electron chi connectivity index (χ1n) is 6.13. The zero-order valence-electron chi connectivity index (χ0n) is 10.3. The van der Waals surface area contributed by atoms with Crippen LogP contribution in [0.1, 0.15) is 18.4 Å². The van der Waals surface area contributed by atoms with E-state index in [1.165, 1.54) is 0 Å². The van der Waals surface area contributed by atoms with E-state index in [0.29, 0.717) is 6.54 Å². The number of hydrogen-bond acceptors (Lipinski definition) is 4. The van der Waals surface area contributed by atoms with Crippen molar-refractivity contribution in [2.24, 2.45) is 10.9 Å². The summed E-state index contributed by atoms with van der Waals surface area (Å²) in [5.41, 5.74) is 7.70. The maximum Gasteiger partial charge on any atom is 0.238 e. The van der Waals surface area contributed by atoms with Gasteiger partial charge in [0, 0.05) is 18.8 Å². The highest BCUT2D eigenvalue weighted by Crippen LogP contribution is 2.29. The van der Waals surface area contributed by atoms with Crippen molar-refractivity contribution >= 4 is 15.7 Å². The van der Waals surface area contributed by atoms with E-state index in [0.717, 1.165) is 43.6 Å². The molecule has 1 aliphatic rings. The van der Waals surface area contributed by atoms with Crippen molar-refractivity contribution in [3.8, 4) is 0 Å². The lowest BCUT2D eigenvalue weighted by Gasteiger charge is -2.31. The molecule has 0 bridgehead atoms. The molecule has 0 saturated carbocycles. The van der Waals surface area contributed by atoms with Crippen LogP contribution >= 0.6 is 0 Å². The monoisotopic (exact) mass is 269 g/mol. The molecular weight excluding hydrogens is 250 g/mol. The Hall–Kier alpha value is -1.11. The van der Waals surface area contributed by atoms with Crippen LogP contribution in [0, 0.1) is 0 Å². The van der Waals surface area contributed by atoms with Gasteiger partial charge in [-0.25, -0.2) is 13.6 Å². The number of primary sulfonamides is 1. The van der Waals surface area contributed by atoms with Gasteiger partial charge < -0.3 is 10.6 Å². The van der Waals surface area contributed by atoms with Gasteiger partial charge in [0.2, 0.25) is 10.0 Å². The first-order valence-corrected chi connectivity index (χ1v) is 7.68. The number of aryl methyl sites for hydroxylation is 1. The van der Waals surface area contributed by atoms with Crippen LogP contribution < -0.4 is 15.8 Å². The standard InChI is InChI=1S/C12H19N3O2S/c13-6-2-8-15-7-1-3-10-9-11(18(14,16)17)4-5-12(10)15/h4-5,9H,1-3,6-8,13H2,(H2,14,16,17). The van der Waals surface area contributed by atoms with E-state index in [4.69, 9.17) is 10.9 Å². The van der Waals surface area contributed by atoms with Crippen LogP contribution in [-0.4, -0.2) is 28.1 Å². The Bertz CT molecular complexity index is 528. The van der Waals surface area contributed by atoms with Crippen molar-refractivity contribution in [1.82, 2.24) is 0 Å². The Morgan fingerprint density at radius 2 is 2.11 bits per heavy atom. The maximum atomic E-state index is 11.3. The normalized spacial score (nSPS) is 15.6. The molecule has 0 saturated heterocycles. The van der Waals surface area contributed by atoms with Crippen molar-refractivity contribution < 1.29 is 8.42 Å². The second kappa shape index (κ2) is 5.26. The number of sulfonamides is 1. The molecule has 0 aliphatic carbocycles. The summed E-state index contributed by atoms with van der Waals surface area (Å²) in [4.78, 5) is 2.46. The van der Waals surface area contributed by atoms with Crippen LogP contribution in [0.4, 0.5) is 5.69 Å². The number of nitrogens with two attached hydrogens (primary N) is 2. The summed E-state index contributed by atoms with van der Waals surface area (Å²) in [6.45, 7) is 2.58. The molecule has 6 heteroatoms. The lowest BCUT2D eigenvalue weighted by molar-refractivity contribution is 0.597. The van der Waals surface area contributed by atoms with Crippen LogP contribution in [0.3, 0.4) is 0 Å². The molecule has 4 N–H and O–H groups in total. The van der Waals surface area contributed by atoms with E-state index >= 15 is 0 Å². The molecule has 0 amide bonds. The van der Waals surface area contributed by atoms with E-state index in [1.807, 2.05) is 6.07 Å². The number of benzene rings is 1. The topological polar surface area (TPSA) is 89.4 Å². The molecule has 1 aromatic carbocycles. The SMILES string of the molecule is NCCCN1CCCc2cc(S(N)(=O)=O)ccc21. The van der Waals surface area contributed by atoms with E-state index in [-0.39, 0.29) is 4.90 Å². The maximum absolute atomic E-state index is 11.3. The molecular formula is C12H19N3O2S. The van der Waals surface area contributed by atoms with Crippen LogP contribution in [0.2, 0.25) is 0 Å². The fraction of sp³-hybridized carbons (Fsp3) is 0.500. The molecule has 0 atom stereocenters. The van der Waals surface area contributed by atoms with Crippen LogP contribution in [0.25, 0.3) is 0 Å². The predicted molar refractivity (Wildman–Crippen MR) is 72.0 cm³/mol. The van der Waals surface area contributed by atoms with Gasteiger partial charge in [-0.1, -0.05) is 0 Å². The third-order valence-corrected chi connectivity index (χ3v) is 4.14. The van der Waals surface area contributed by atoms with Gasteiger partial charge in [0.05, 0.1) is 4.90 Å². The molecule has 1 aromatic rings. The quantitative estimate of drug-likeness (QED) is 0.829. The highest BCUT2D eigenvalue weighted by Gasteiger charge is 2.18. The summed E-state index contributed by atoms with van der Waals surface area (Å²) >= 11 is 0. The molecule has 0 radical (unpaired) electrons. The van der Waals surface area contributed by atoms with Gasteiger partial charge in [0.25, 0.3) is 0 Å². The zero-order valence-corrected chi connectivity index (χ0v) is 11.1. The van der Waals surface area contributed by atoms with Crippen molar-refractivity contribution in [2.75, 3.05) is 24.5 Å². The Morgan fingerprint density at radius 3 is 2.78 bits per heavy atom.